The molecule has 2 unspecified atom stereocenters. The van der Waals surface area contributed by atoms with Gasteiger partial charge in [-0.25, -0.2) is 0 Å². The Bertz CT molecular complexity index is 122. The van der Waals surface area contributed by atoms with Crippen LogP contribution >= 0.6 is 0 Å². The first kappa shape index (κ1) is 11.0. The summed E-state index contributed by atoms with van der Waals surface area (Å²) in [5.41, 5.74) is 0. The third-order valence-corrected chi connectivity index (χ3v) is 3.01. The first-order valence-electron chi connectivity index (χ1n) is 5.94. The van der Waals surface area contributed by atoms with Crippen LogP contribution in [0.1, 0.15) is 58.8 Å². The van der Waals surface area contributed by atoms with E-state index in [1.807, 2.05) is 0 Å². The zero-order chi connectivity index (χ0) is 9.52. The first-order chi connectivity index (χ1) is 6.33. The lowest BCUT2D eigenvalue weighted by Crippen LogP contribution is -2.24. The van der Waals surface area contributed by atoms with Crippen molar-refractivity contribution in [1.29, 1.82) is 0 Å². The summed E-state index contributed by atoms with van der Waals surface area (Å²) in [4.78, 5) is 0. The molecule has 13 heavy (non-hydrogen) atoms. The molecule has 0 amide bonds. The molecule has 1 aliphatic rings. The number of rotatable bonds is 5. The highest BCUT2D eigenvalue weighted by molar-refractivity contribution is 4.68. The van der Waals surface area contributed by atoms with Gasteiger partial charge in [-0.1, -0.05) is 39.5 Å². The molecular formula is C12H24O. The van der Waals surface area contributed by atoms with Crippen molar-refractivity contribution in [2.24, 2.45) is 5.92 Å². The standard InChI is InChI=1S/C12H24O/c1-3-4-5-6-7-12-10-11(2)8-9-13-12/h11-12H,3-10H2,1-2H3. The van der Waals surface area contributed by atoms with Gasteiger partial charge in [-0.2, -0.15) is 0 Å². The Labute approximate surface area is 82.9 Å². The molecule has 0 spiro atoms. The highest BCUT2D eigenvalue weighted by atomic mass is 16.5. The summed E-state index contributed by atoms with van der Waals surface area (Å²) < 4.78 is 5.73. The molecule has 2 atom stereocenters. The maximum atomic E-state index is 5.73. The summed E-state index contributed by atoms with van der Waals surface area (Å²) >= 11 is 0. The van der Waals surface area contributed by atoms with Crippen LogP contribution in [0.25, 0.3) is 0 Å². The van der Waals surface area contributed by atoms with E-state index in [1.165, 1.54) is 44.9 Å². The fraction of sp³-hybridized carbons (Fsp3) is 1.00. The average molecular weight is 184 g/mol. The number of hydrogen-bond acceptors (Lipinski definition) is 1. The second kappa shape index (κ2) is 6.42. The van der Waals surface area contributed by atoms with Gasteiger partial charge in [-0.15, -0.1) is 0 Å². The van der Waals surface area contributed by atoms with E-state index in [4.69, 9.17) is 4.74 Å². The van der Waals surface area contributed by atoms with Crippen molar-refractivity contribution >= 4 is 0 Å². The molecule has 0 N–H and O–H groups in total. The minimum atomic E-state index is 0.584. The summed E-state index contributed by atoms with van der Waals surface area (Å²) in [5, 5.41) is 0. The minimum Gasteiger partial charge on any atom is -0.378 e. The topological polar surface area (TPSA) is 9.23 Å². The average Bonchev–Trinajstić information content (AvgIpc) is 2.13. The summed E-state index contributed by atoms with van der Waals surface area (Å²) in [6.07, 6.45) is 9.93. The molecule has 0 aromatic carbocycles. The lowest BCUT2D eigenvalue weighted by molar-refractivity contribution is -0.0105. The molecule has 1 fully saturated rings. The second-order valence-electron chi connectivity index (χ2n) is 4.47. The predicted molar refractivity (Wildman–Crippen MR) is 56.9 cm³/mol. The van der Waals surface area contributed by atoms with Gasteiger partial charge in [0.15, 0.2) is 0 Å². The molecule has 1 aliphatic heterocycles. The van der Waals surface area contributed by atoms with Gasteiger partial charge in [0.1, 0.15) is 0 Å². The van der Waals surface area contributed by atoms with E-state index in [0.29, 0.717) is 6.10 Å². The van der Waals surface area contributed by atoms with E-state index in [9.17, 15) is 0 Å². The Kier molecular flexibility index (Phi) is 5.45. The second-order valence-corrected chi connectivity index (χ2v) is 4.47. The van der Waals surface area contributed by atoms with Crippen molar-refractivity contribution in [1.82, 2.24) is 0 Å². The highest BCUT2D eigenvalue weighted by Gasteiger charge is 2.18. The zero-order valence-corrected chi connectivity index (χ0v) is 9.22. The Morgan fingerprint density at radius 2 is 2.08 bits per heavy atom. The first-order valence-corrected chi connectivity index (χ1v) is 5.94. The Hall–Kier alpha value is -0.0400. The van der Waals surface area contributed by atoms with Gasteiger partial charge in [0.25, 0.3) is 0 Å². The largest absolute Gasteiger partial charge is 0.378 e. The minimum absolute atomic E-state index is 0.584. The molecule has 1 heteroatoms. The summed E-state index contributed by atoms with van der Waals surface area (Å²) in [6, 6.07) is 0. The van der Waals surface area contributed by atoms with Crippen LogP contribution in [-0.2, 0) is 4.74 Å². The molecule has 1 rings (SSSR count). The lowest BCUT2D eigenvalue weighted by atomic mass is 9.94. The van der Waals surface area contributed by atoms with Crippen LogP contribution in [0.5, 0.6) is 0 Å². The van der Waals surface area contributed by atoms with Crippen LogP contribution in [0.3, 0.4) is 0 Å². The number of unbranched alkanes of at least 4 members (excludes halogenated alkanes) is 3. The van der Waals surface area contributed by atoms with Crippen LogP contribution < -0.4 is 0 Å². The van der Waals surface area contributed by atoms with E-state index >= 15 is 0 Å². The van der Waals surface area contributed by atoms with E-state index in [-0.39, 0.29) is 0 Å². The number of hydrogen-bond donors (Lipinski definition) is 0. The third kappa shape index (κ3) is 4.66. The van der Waals surface area contributed by atoms with Crippen LogP contribution in [0.4, 0.5) is 0 Å². The van der Waals surface area contributed by atoms with Gasteiger partial charge in [0.05, 0.1) is 6.10 Å². The van der Waals surface area contributed by atoms with E-state index < -0.39 is 0 Å². The summed E-state index contributed by atoms with van der Waals surface area (Å²) in [5.74, 6) is 0.893. The fourth-order valence-electron chi connectivity index (χ4n) is 2.07. The molecule has 0 saturated carbocycles. The van der Waals surface area contributed by atoms with Crippen molar-refractivity contribution in [3.63, 3.8) is 0 Å². The van der Waals surface area contributed by atoms with E-state index in [1.54, 1.807) is 0 Å². The molecular weight excluding hydrogens is 160 g/mol. The van der Waals surface area contributed by atoms with Crippen molar-refractivity contribution in [3.05, 3.63) is 0 Å². The smallest absolute Gasteiger partial charge is 0.0577 e. The summed E-state index contributed by atoms with van der Waals surface area (Å²) in [6.45, 7) is 5.61. The summed E-state index contributed by atoms with van der Waals surface area (Å²) in [7, 11) is 0. The predicted octanol–water partition coefficient (Wildman–Crippen LogP) is 3.77. The Morgan fingerprint density at radius 1 is 1.23 bits per heavy atom. The lowest BCUT2D eigenvalue weighted by Gasteiger charge is -2.27. The van der Waals surface area contributed by atoms with Crippen molar-refractivity contribution in [2.45, 2.75) is 64.9 Å². The molecule has 0 aromatic rings. The van der Waals surface area contributed by atoms with E-state index in [0.717, 1.165) is 12.5 Å². The highest BCUT2D eigenvalue weighted by Crippen LogP contribution is 2.23. The monoisotopic (exact) mass is 184 g/mol. The van der Waals surface area contributed by atoms with Gasteiger partial charge >= 0.3 is 0 Å². The SMILES string of the molecule is CCCCCCC1CC(C)CCO1. The molecule has 1 saturated heterocycles. The molecule has 0 aromatic heterocycles. The Morgan fingerprint density at radius 3 is 2.77 bits per heavy atom. The van der Waals surface area contributed by atoms with Crippen molar-refractivity contribution < 1.29 is 4.74 Å². The molecule has 78 valence electrons. The normalized spacial score (nSPS) is 29.1. The van der Waals surface area contributed by atoms with Crippen LogP contribution in [-0.4, -0.2) is 12.7 Å². The van der Waals surface area contributed by atoms with Gasteiger partial charge in [0, 0.05) is 6.61 Å². The van der Waals surface area contributed by atoms with E-state index in [2.05, 4.69) is 13.8 Å². The maximum Gasteiger partial charge on any atom is 0.0577 e. The fourth-order valence-corrected chi connectivity index (χ4v) is 2.07. The van der Waals surface area contributed by atoms with Crippen molar-refractivity contribution in [2.75, 3.05) is 6.61 Å². The van der Waals surface area contributed by atoms with Crippen LogP contribution in [0.2, 0.25) is 0 Å². The van der Waals surface area contributed by atoms with Gasteiger partial charge in [-0.3, -0.25) is 0 Å². The molecule has 0 radical (unpaired) electrons. The molecule has 1 heterocycles. The quantitative estimate of drug-likeness (QED) is 0.591. The maximum absolute atomic E-state index is 5.73. The molecule has 1 nitrogen and oxygen atoms in total. The molecule has 0 aliphatic carbocycles. The number of ether oxygens (including phenoxy) is 1. The van der Waals surface area contributed by atoms with Gasteiger partial charge in [0.2, 0.25) is 0 Å². The Balaban J connectivity index is 2.00. The van der Waals surface area contributed by atoms with Crippen LogP contribution in [0, 0.1) is 5.92 Å². The third-order valence-electron chi connectivity index (χ3n) is 3.01. The van der Waals surface area contributed by atoms with Crippen LogP contribution in [0.15, 0.2) is 0 Å². The van der Waals surface area contributed by atoms with Gasteiger partial charge < -0.3 is 4.74 Å². The zero-order valence-electron chi connectivity index (χ0n) is 9.22. The van der Waals surface area contributed by atoms with Crippen molar-refractivity contribution in [3.8, 4) is 0 Å². The van der Waals surface area contributed by atoms with Gasteiger partial charge in [-0.05, 0) is 25.2 Å². The molecule has 0 bridgehead atoms.